The Morgan fingerprint density at radius 2 is 1.70 bits per heavy atom. The lowest BCUT2D eigenvalue weighted by Crippen LogP contribution is -2.12. The molecule has 1 aromatic heterocycles. The number of hydrogen-bond donors (Lipinski definition) is 1. The molecule has 0 atom stereocenters. The van der Waals surface area contributed by atoms with Gasteiger partial charge in [-0.05, 0) is 43.7 Å². The number of carbonyl (C=O) groups is 1. The third kappa shape index (κ3) is 4.61. The SMILES string of the molecule is Cc1cccc(OCc2ccc(C(=O)Nc3cc([N+](=O)[O-])c(C)c([N+](=O)[O-])c3)o2)c1. The number of furan rings is 1. The van der Waals surface area contributed by atoms with Gasteiger partial charge in [-0.1, -0.05) is 12.1 Å². The molecular weight excluding hydrogens is 394 g/mol. The van der Waals surface area contributed by atoms with Gasteiger partial charge in [-0.3, -0.25) is 25.0 Å². The van der Waals surface area contributed by atoms with E-state index >= 15 is 0 Å². The Morgan fingerprint density at radius 1 is 1.03 bits per heavy atom. The van der Waals surface area contributed by atoms with E-state index in [1.807, 2.05) is 25.1 Å². The lowest BCUT2D eigenvalue weighted by Gasteiger charge is -2.06. The van der Waals surface area contributed by atoms with Gasteiger partial charge in [-0.15, -0.1) is 0 Å². The van der Waals surface area contributed by atoms with E-state index in [0.29, 0.717) is 11.5 Å². The summed E-state index contributed by atoms with van der Waals surface area (Å²) < 4.78 is 11.1. The number of nitrogens with one attached hydrogen (secondary N) is 1. The van der Waals surface area contributed by atoms with Crippen molar-refractivity contribution in [1.82, 2.24) is 0 Å². The molecule has 0 fully saturated rings. The van der Waals surface area contributed by atoms with Gasteiger partial charge >= 0.3 is 0 Å². The number of anilines is 1. The summed E-state index contributed by atoms with van der Waals surface area (Å²) in [6.45, 7) is 3.30. The van der Waals surface area contributed by atoms with Crippen LogP contribution in [0, 0.1) is 34.1 Å². The Hall–Kier alpha value is -4.21. The van der Waals surface area contributed by atoms with Crippen molar-refractivity contribution in [2.24, 2.45) is 0 Å². The normalized spacial score (nSPS) is 10.5. The summed E-state index contributed by atoms with van der Waals surface area (Å²) in [4.78, 5) is 33.2. The number of hydrogen-bond acceptors (Lipinski definition) is 7. The summed E-state index contributed by atoms with van der Waals surface area (Å²) in [6.07, 6.45) is 0. The second-order valence-corrected chi connectivity index (χ2v) is 6.48. The zero-order valence-corrected chi connectivity index (χ0v) is 16.1. The van der Waals surface area contributed by atoms with Crippen molar-refractivity contribution in [3.05, 3.63) is 91.4 Å². The Balaban J connectivity index is 1.74. The Morgan fingerprint density at radius 3 is 2.30 bits per heavy atom. The second kappa shape index (κ2) is 8.43. The van der Waals surface area contributed by atoms with Crippen LogP contribution in [0.1, 0.15) is 27.4 Å². The number of aryl methyl sites for hydroxylation is 1. The number of nitro benzene ring substituents is 2. The number of benzene rings is 2. The summed E-state index contributed by atoms with van der Waals surface area (Å²) in [5.74, 6) is 0.271. The number of ether oxygens (including phenoxy) is 1. The molecule has 0 spiro atoms. The van der Waals surface area contributed by atoms with E-state index in [4.69, 9.17) is 9.15 Å². The lowest BCUT2D eigenvalue weighted by atomic mass is 10.1. The van der Waals surface area contributed by atoms with Crippen molar-refractivity contribution in [1.29, 1.82) is 0 Å². The molecule has 10 nitrogen and oxygen atoms in total. The topological polar surface area (TPSA) is 138 Å². The Bertz CT molecular complexity index is 1100. The van der Waals surface area contributed by atoms with Crippen LogP contribution in [0.3, 0.4) is 0 Å². The highest BCUT2D eigenvalue weighted by molar-refractivity contribution is 6.02. The molecule has 0 unspecified atom stereocenters. The molecule has 0 aliphatic rings. The predicted octanol–water partition coefficient (Wildman–Crippen LogP) is 4.54. The van der Waals surface area contributed by atoms with E-state index in [9.17, 15) is 25.0 Å². The second-order valence-electron chi connectivity index (χ2n) is 6.48. The maximum Gasteiger partial charge on any atom is 0.291 e. The first-order valence-electron chi connectivity index (χ1n) is 8.77. The maximum absolute atomic E-state index is 12.4. The first-order chi connectivity index (χ1) is 14.2. The molecule has 0 saturated carbocycles. The number of nitrogens with zero attached hydrogens (tertiary/aromatic N) is 2. The molecule has 30 heavy (non-hydrogen) atoms. The van der Waals surface area contributed by atoms with Crippen LogP contribution in [0.2, 0.25) is 0 Å². The van der Waals surface area contributed by atoms with E-state index in [-0.39, 0.29) is 23.6 Å². The largest absolute Gasteiger partial charge is 0.486 e. The van der Waals surface area contributed by atoms with Gasteiger partial charge in [0.2, 0.25) is 0 Å². The molecule has 0 radical (unpaired) electrons. The minimum Gasteiger partial charge on any atom is -0.486 e. The number of nitro groups is 2. The minimum absolute atomic E-state index is 0.0660. The van der Waals surface area contributed by atoms with E-state index < -0.39 is 27.1 Å². The van der Waals surface area contributed by atoms with Crippen molar-refractivity contribution in [3.8, 4) is 5.75 Å². The molecule has 3 rings (SSSR count). The van der Waals surface area contributed by atoms with Crippen LogP contribution in [0.25, 0.3) is 0 Å². The fraction of sp³-hybridized carbons (Fsp3) is 0.150. The monoisotopic (exact) mass is 411 g/mol. The van der Waals surface area contributed by atoms with Crippen molar-refractivity contribution in [2.45, 2.75) is 20.5 Å². The predicted molar refractivity (Wildman–Crippen MR) is 107 cm³/mol. The summed E-state index contributed by atoms with van der Waals surface area (Å²) in [5, 5.41) is 24.7. The van der Waals surface area contributed by atoms with Gasteiger partial charge in [0.15, 0.2) is 5.76 Å². The highest BCUT2D eigenvalue weighted by atomic mass is 16.6. The average molecular weight is 411 g/mol. The zero-order chi connectivity index (χ0) is 21.8. The third-order valence-corrected chi connectivity index (χ3v) is 4.26. The van der Waals surface area contributed by atoms with Crippen LogP contribution in [0.4, 0.5) is 17.1 Å². The van der Waals surface area contributed by atoms with Crippen molar-refractivity contribution < 1.29 is 23.8 Å². The van der Waals surface area contributed by atoms with E-state index in [0.717, 1.165) is 17.7 Å². The molecule has 0 saturated heterocycles. The van der Waals surface area contributed by atoms with E-state index in [1.165, 1.54) is 13.0 Å². The van der Waals surface area contributed by atoms with Crippen LogP contribution in [0.15, 0.2) is 52.9 Å². The fourth-order valence-corrected chi connectivity index (χ4v) is 2.77. The van der Waals surface area contributed by atoms with Crippen LogP contribution < -0.4 is 10.1 Å². The summed E-state index contributed by atoms with van der Waals surface area (Å²) in [6, 6.07) is 12.5. The number of amides is 1. The highest BCUT2D eigenvalue weighted by Gasteiger charge is 2.24. The van der Waals surface area contributed by atoms with Gasteiger partial charge in [-0.25, -0.2) is 0 Å². The molecule has 3 aromatic rings. The Labute approximate surface area is 170 Å². The van der Waals surface area contributed by atoms with Gasteiger partial charge in [0.25, 0.3) is 17.3 Å². The summed E-state index contributed by atoms with van der Waals surface area (Å²) in [5.41, 5.74) is -0.0831. The number of rotatable bonds is 7. The van der Waals surface area contributed by atoms with Gasteiger partial charge in [-0.2, -0.15) is 0 Å². The van der Waals surface area contributed by atoms with Gasteiger partial charge in [0, 0.05) is 12.1 Å². The van der Waals surface area contributed by atoms with Crippen LogP contribution >= 0.6 is 0 Å². The van der Waals surface area contributed by atoms with Gasteiger partial charge in [0.05, 0.1) is 15.5 Å². The molecule has 0 aliphatic carbocycles. The smallest absolute Gasteiger partial charge is 0.291 e. The van der Waals surface area contributed by atoms with E-state index in [2.05, 4.69) is 5.32 Å². The molecule has 1 N–H and O–H groups in total. The molecule has 0 aliphatic heterocycles. The molecular formula is C20H17N3O7. The molecule has 1 heterocycles. The van der Waals surface area contributed by atoms with Crippen LogP contribution in [-0.4, -0.2) is 15.8 Å². The van der Waals surface area contributed by atoms with E-state index in [1.54, 1.807) is 12.1 Å². The standard InChI is InChI=1S/C20H17N3O7/c1-12-4-3-5-15(8-12)29-11-16-6-7-19(30-16)20(24)21-14-9-17(22(25)26)13(2)18(10-14)23(27)28/h3-10H,11H2,1-2H3,(H,21,24). The molecule has 1 amide bonds. The Kier molecular flexibility index (Phi) is 5.77. The maximum atomic E-state index is 12.4. The third-order valence-electron chi connectivity index (χ3n) is 4.26. The number of carbonyl (C=O) groups excluding carboxylic acids is 1. The first kappa shape index (κ1) is 20.5. The van der Waals surface area contributed by atoms with Gasteiger partial charge < -0.3 is 14.5 Å². The van der Waals surface area contributed by atoms with Crippen LogP contribution in [0.5, 0.6) is 5.75 Å². The first-order valence-corrected chi connectivity index (χ1v) is 8.77. The van der Waals surface area contributed by atoms with Gasteiger partial charge in [0.1, 0.15) is 23.7 Å². The molecule has 2 aromatic carbocycles. The van der Waals surface area contributed by atoms with Crippen molar-refractivity contribution >= 4 is 23.0 Å². The zero-order valence-electron chi connectivity index (χ0n) is 16.1. The van der Waals surface area contributed by atoms with Crippen molar-refractivity contribution in [2.75, 3.05) is 5.32 Å². The fourth-order valence-electron chi connectivity index (χ4n) is 2.77. The lowest BCUT2D eigenvalue weighted by molar-refractivity contribution is -0.395. The molecule has 154 valence electrons. The van der Waals surface area contributed by atoms with Crippen molar-refractivity contribution in [3.63, 3.8) is 0 Å². The summed E-state index contributed by atoms with van der Waals surface area (Å²) >= 11 is 0. The average Bonchev–Trinajstić information content (AvgIpc) is 3.16. The minimum atomic E-state index is -0.744. The quantitative estimate of drug-likeness (QED) is 0.445. The molecule has 10 heteroatoms. The molecule has 0 bridgehead atoms. The van der Waals surface area contributed by atoms with Crippen LogP contribution in [-0.2, 0) is 6.61 Å². The summed E-state index contributed by atoms with van der Waals surface area (Å²) in [7, 11) is 0. The highest BCUT2D eigenvalue weighted by Crippen LogP contribution is 2.32.